The molecule has 0 bridgehead atoms. The molecule has 7 nitrogen and oxygen atoms in total. The number of nitrogens with one attached hydrogen (secondary N) is 1. The number of hydrogen-bond acceptors (Lipinski definition) is 6. The van der Waals surface area contributed by atoms with Gasteiger partial charge in [0.05, 0.1) is 16.5 Å². The normalized spacial score (nSPS) is 21.9. The Morgan fingerprint density at radius 3 is 2.75 bits per heavy atom. The molecule has 3 N–H and O–H groups in total. The van der Waals surface area contributed by atoms with Crippen molar-refractivity contribution in [3.63, 3.8) is 0 Å². The van der Waals surface area contributed by atoms with Crippen LogP contribution in [0, 0.1) is 5.92 Å². The lowest BCUT2D eigenvalue weighted by atomic mass is 10.1. The van der Waals surface area contributed by atoms with Gasteiger partial charge in [0.15, 0.2) is 9.84 Å². The minimum atomic E-state index is -3.77. The summed E-state index contributed by atoms with van der Waals surface area (Å²) in [5, 5.41) is 0.0521. The lowest BCUT2D eigenvalue weighted by molar-refractivity contribution is 0.543. The van der Waals surface area contributed by atoms with Crippen LogP contribution in [0.4, 0.5) is 5.82 Å². The molecule has 0 aliphatic carbocycles. The summed E-state index contributed by atoms with van der Waals surface area (Å²) in [6.45, 7) is 0.0730. The van der Waals surface area contributed by atoms with Crippen LogP contribution in [0.25, 0.3) is 0 Å². The molecule has 2 heterocycles. The van der Waals surface area contributed by atoms with Crippen molar-refractivity contribution in [2.75, 3.05) is 23.8 Å². The molecule has 20 heavy (non-hydrogen) atoms. The highest BCUT2D eigenvalue weighted by atomic mass is 35.5. The van der Waals surface area contributed by atoms with Gasteiger partial charge in [-0.2, -0.15) is 0 Å². The van der Waals surface area contributed by atoms with E-state index in [1.54, 1.807) is 0 Å². The average molecular weight is 340 g/mol. The summed E-state index contributed by atoms with van der Waals surface area (Å²) in [7, 11) is -6.80. The molecular weight excluding hydrogens is 326 g/mol. The lowest BCUT2D eigenvalue weighted by Gasteiger charge is -2.10. The molecule has 1 aromatic heterocycles. The third kappa shape index (κ3) is 3.60. The lowest BCUT2D eigenvalue weighted by Crippen LogP contribution is -2.30. The van der Waals surface area contributed by atoms with Gasteiger partial charge in [0.25, 0.3) is 0 Å². The summed E-state index contributed by atoms with van der Waals surface area (Å²) in [5.74, 6) is -0.0373. The fourth-order valence-electron chi connectivity index (χ4n) is 1.92. The van der Waals surface area contributed by atoms with Crippen LogP contribution >= 0.6 is 11.6 Å². The van der Waals surface area contributed by atoms with E-state index in [4.69, 9.17) is 17.3 Å². The minimum Gasteiger partial charge on any atom is -0.382 e. The van der Waals surface area contributed by atoms with E-state index in [2.05, 4.69) is 9.71 Å². The van der Waals surface area contributed by atoms with E-state index < -0.39 is 19.9 Å². The molecule has 1 fully saturated rings. The van der Waals surface area contributed by atoms with Crippen molar-refractivity contribution >= 4 is 37.3 Å². The molecule has 0 aromatic carbocycles. The summed E-state index contributed by atoms with van der Waals surface area (Å²) >= 11 is 5.73. The quantitative estimate of drug-likeness (QED) is 0.798. The first-order chi connectivity index (χ1) is 9.20. The molecule has 1 saturated heterocycles. The van der Waals surface area contributed by atoms with Crippen LogP contribution in [0.3, 0.4) is 0 Å². The molecule has 1 aliphatic heterocycles. The molecule has 112 valence electrons. The van der Waals surface area contributed by atoms with Crippen molar-refractivity contribution in [3.8, 4) is 0 Å². The monoisotopic (exact) mass is 339 g/mol. The fraction of sp³-hybridized carbons (Fsp3) is 0.500. The Morgan fingerprint density at radius 1 is 1.50 bits per heavy atom. The van der Waals surface area contributed by atoms with Crippen molar-refractivity contribution in [2.24, 2.45) is 5.92 Å². The van der Waals surface area contributed by atoms with Crippen molar-refractivity contribution in [1.82, 2.24) is 9.71 Å². The van der Waals surface area contributed by atoms with E-state index >= 15 is 0 Å². The molecule has 0 amide bonds. The molecule has 1 aliphatic rings. The number of nitrogens with two attached hydrogens (primary N) is 1. The zero-order valence-corrected chi connectivity index (χ0v) is 12.8. The van der Waals surface area contributed by atoms with Gasteiger partial charge in [0.1, 0.15) is 10.7 Å². The van der Waals surface area contributed by atoms with Crippen LogP contribution in [0.1, 0.15) is 6.42 Å². The van der Waals surface area contributed by atoms with Gasteiger partial charge in [-0.1, -0.05) is 11.6 Å². The number of hydrogen-bond donors (Lipinski definition) is 2. The maximum absolute atomic E-state index is 12.0. The smallest absolute Gasteiger partial charge is 0.242 e. The molecular formula is C10H14ClN3O4S2. The first-order valence-corrected chi connectivity index (χ1v) is 9.49. The van der Waals surface area contributed by atoms with Gasteiger partial charge in [-0.3, -0.25) is 0 Å². The van der Waals surface area contributed by atoms with Crippen LogP contribution < -0.4 is 10.5 Å². The fourth-order valence-corrected chi connectivity index (χ4v) is 5.10. The number of sulfonamides is 1. The van der Waals surface area contributed by atoms with Crippen molar-refractivity contribution in [1.29, 1.82) is 0 Å². The SMILES string of the molecule is Nc1ncc(S(=O)(=O)NCC2CCS(=O)(=O)C2)cc1Cl. The molecule has 0 radical (unpaired) electrons. The van der Waals surface area contributed by atoms with Gasteiger partial charge >= 0.3 is 0 Å². The second-order valence-corrected chi connectivity index (χ2v) is 9.06. The summed E-state index contributed by atoms with van der Waals surface area (Å²) in [4.78, 5) is 3.58. The van der Waals surface area contributed by atoms with Gasteiger partial charge in [-0.15, -0.1) is 0 Å². The Morgan fingerprint density at radius 2 is 2.20 bits per heavy atom. The van der Waals surface area contributed by atoms with E-state index in [1.165, 1.54) is 6.07 Å². The van der Waals surface area contributed by atoms with Gasteiger partial charge < -0.3 is 5.73 Å². The van der Waals surface area contributed by atoms with E-state index in [9.17, 15) is 16.8 Å². The molecule has 2 rings (SSSR count). The Balaban J connectivity index is 2.06. The van der Waals surface area contributed by atoms with E-state index in [1.807, 2.05) is 0 Å². The molecule has 0 spiro atoms. The third-order valence-electron chi connectivity index (χ3n) is 3.04. The highest BCUT2D eigenvalue weighted by molar-refractivity contribution is 7.91. The van der Waals surface area contributed by atoms with Crippen LogP contribution in [-0.2, 0) is 19.9 Å². The summed E-state index contributed by atoms with van der Waals surface area (Å²) in [5.41, 5.74) is 5.41. The van der Waals surface area contributed by atoms with Crippen molar-refractivity contribution in [2.45, 2.75) is 11.3 Å². The number of rotatable bonds is 4. The van der Waals surface area contributed by atoms with Crippen LogP contribution in [0.15, 0.2) is 17.2 Å². The van der Waals surface area contributed by atoms with Gasteiger partial charge in [0.2, 0.25) is 10.0 Å². The van der Waals surface area contributed by atoms with Crippen LogP contribution in [-0.4, -0.2) is 39.9 Å². The largest absolute Gasteiger partial charge is 0.382 e. The minimum absolute atomic E-state index is 0.0102. The molecule has 1 atom stereocenters. The molecule has 1 unspecified atom stereocenters. The first-order valence-electron chi connectivity index (χ1n) is 5.81. The Bertz CT molecular complexity index is 718. The van der Waals surface area contributed by atoms with E-state index in [0.717, 1.165) is 6.20 Å². The van der Waals surface area contributed by atoms with Crippen LogP contribution in [0.5, 0.6) is 0 Å². The topological polar surface area (TPSA) is 119 Å². The second-order valence-electron chi connectivity index (χ2n) is 4.66. The number of sulfone groups is 1. The third-order valence-corrected chi connectivity index (χ3v) is 6.57. The molecule has 1 aromatic rings. The Hall–Kier alpha value is -0.900. The number of pyridine rings is 1. The predicted molar refractivity (Wildman–Crippen MR) is 75.6 cm³/mol. The maximum Gasteiger partial charge on any atom is 0.242 e. The van der Waals surface area contributed by atoms with Gasteiger partial charge in [-0.05, 0) is 18.4 Å². The Kier molecular flexibility index (Phi) is 4.24. The van der Waals surface area contributed by atoms with Gasteiger partial charge in [-0.25, -0.2) is 26.5 Å². The molecule has 0 saturated carbocycles. The van der Waals surface area contributed by atoms with Crippen LogP contribution in [0.2, 0.25) is 5.02 Å². The summed E-state index contributed by atoms with van der Waals surface area (Å²) in [6.07, 6.45) is 1.57. The number of anilines is 1. The van der Waals surface area contributed by atoms with E-state index in [-0.39, 0.29) is 39.7 Å². The molecule has 10 heteroatoms. The number of nitrogen functional groups attached to an aromatic ring is 1. The zero-order chi connectivity index (χ0) is 15.0. The average Bonchev–Trinajstić information content (AvgIpc) is 2.70. The number of aromatic nitrogens is 1. The second kappa shape index (κ2) is 5.47. The van der Waals surface area contributed by atoms with Crippen molar-refractivity contribution < 1.29 is 16.8 Å². The first kappa shape index (κ1) is 15.5. The summed E-state index contributed by atoms with van der Waals surface area (Å²) < 4.78 is 49.0. The number of nitrogens with zero attached hydrogens (tertiary/aromatic N) is 1. The van der Waals surface area contributed by atoms with Gasteiger partial charge in [0, 0.05) is 12.7 Å². The maximum atomic E-state index is 12.0. The highest BCUT2D eigenvalue weighted by Gasteiger charge is 2.29. The standard InChI is InChI=1S/C10H14ClN3O4S2/c11-9-3-8(5-13-10(9)12)20(17,18)14-4-7-1-2-19(15,16)6-7/h3,5,7,14H,1-2,4,6H2,(H2,12,13). The highest BCUT2D eigenvalue weighted by Crippen LogP contribution is 2.21. The predicted octanol–water partition coefficient (Wildman–Crippen LogP) is 0.0302. The number of halogens is 1. The Labute approximate surface area is 122 Å². The zero-order valence-electron chi connectivity index (χ0n) is 10.4. The van der Waals surface area contributed by atoms with E-state index in [0.29, 0.717) is 6.42 Å². The van der Waals surface area contributed by atoms with Crippen molar-refractivity contribution in [3.05, 3.63) is 17.3 Å². The summed E-state index contributed by atoms with van der Waals surface area (Å²) in [6, 6.07) is 1.21.